The van der Waals surface area contributed by atoms with Crippen molar-refractivity contribution in [2.24, 2.45) is 0 Å². The molecule has 23 heavy (non-hydrogen) atoms. The number of thiophene rings is 1. The monoisotopic (exact) mass is 347 g/mol. The number of amides is 1. The third-order valence-corrected chi connectivity index (χ3v) is 5.58. The molecule has 4 nitrogen and oxygen atoms in total. The first-order valence-corrected chi connectivity index (χ1v) is 9.42. The number of nitrogens with one attached hydrogen (secondary N) is 1. The Morgan fingerprint density at radius 2 is 2.17 bits per heavy atom. The van der Waals surface area contributed by atoms with Crippen LogP contribution < -0.4 is 5.32 Å². The van der Waals surface area contributed by atoms with Gasteiger partial charge in [-0.3, -0.25) is 4.79 Å². The Balaban J connectivity index is 1.52. The minimum atomic E-state index is -0.419. The number of hydrogen-bond acceptors (Lipinski definition) is 5. The molecular formula is C17H17NO3S2. The molecule has 1 aliphatic carbocycles. The number of anilines is 1. The van der Waals surface area contributed by atoms with Gasteiger partial charge >= 0.3 is 5.97 Å². The molecule has 6 heteroatoms. The highest BCUT2D eigenvalue weighted by molar-refractivity contribution is 7.98. The Hall–Kier alpha value is -1.79. The molecule has 0 spiro atoms. The third kappa shape index (κ3) is 3.95. The van der Waals surface area contributed by atoms with Crippen LogP contribution in [0.1, 0.15) is 26.5 Å². The van der Waals surface area contributed by atoms with Crippen LogP contribution in [0.15, 0.2) is 35.2 Å². The second-order valence-electron chi connectivity index (χ2n) is 5.27. The van der Waals surface area contributed by atoms with E-state index < -0.39 is 5.97 Å². The summed E-state index contributed by atoms with van der Waals surface area (Å²) in [5.41, 5.74) is 1.95. The van der Waals surface area contributed by atoms with Crippen LogP contribution in [0.5, 0.6) is 0 Å². The smallest absolute Gasteiger partial charge is 0.348 e. The number of esters is 1. The van der Waals surface area contributed by atoms with Crippen molar-refractivity contribution in [2.45, 2.75) is 24.2 Å². The average molecular weight is 347 g/mol. The van der Waals surface area contributed by atoms with Gasteiger partial charge in [-0.15, -0.1) is 23.1 Å². The first-order valence-electron chi connectivity index (χ1n) is 7.38. The summed E-state index contributed by atoms with van der Waals surface area (Å²) in [6.45, 7) is -0.273. The summed E-state index contributed by atoms with van der Waals surface area (Å²) in [5.74, 6) is -0.752. The van der Waals surface area contributed by atoms with Crippen molar-refractivity contribution in [2.75, 3.05) is 18.2 Å². The van der Waals surface area contributed by atoms with E-state index in [0.29, 0.717) is 10.6 Å². The molecule has 1 N–H and O–H groups in total. The van der Waals surface area contributed by atoms with Gasteiger partial charge in [0.25, 0.3) is 5.91 Å². The lowest BCUT2D eigenvalue weighted by molar-refractivity contribution is -0.119. The highest BCUT2D eigenvalue weighted by Gasteiger charge is 2.19. The summed E-state index contributed by atoms with van der Waals surface area (Å²) < 4.78 is 5.11. The van der Waals surface area contributed by atoms with Crippen LogP contribution in [-0.2, 0) is 22.4 Å². The quantitative estimate of drug-likeness (QED) is 0.661. The second kappa shape index (κ2) is 7.19. The zero-order valence-electron chi connectivity index (χ0n) is 12.8. The van der Waals surface area contributed by atoms with Crippen LogP contribution in [0.2, 0.25) is 0 Å². The van der Waals surface area contributed by atoms with Crippen LogP contribution in [0.25, 0.3) is 0 Å². The molecule has 0 aliphatic heterocycles. The lowest BCUT2D eigenvalue weighted by atomic mass is 10.2. The highest BCUT2D eigenvalue weighted by atomic mass is 32.2. The highest BCUT2D eigenvalue weighted by Crippen LogP contribution is 2.30. The van der Waals surface area contributed by atoms with Crippen LogP contribution >= 0.6 is 23.1 Å². The molecule has 1 amide bonds. The lowest BCUT2D eigenvalue weighted by Crippen LogP contribution is -2.20. The summed E-state index contributed by atoms with van der Waals surface area (Å²) >= 11 is 3.08. The van der Waals surface area contributed by atoms with Gasteiger partial charge in [-0.1, -0.05) is 6.07 Å². The van der Waals surface area contributed by atoms with E-state index in [0.717, 1.165) is 24.2 Å². The molecule has 1 heterocycles. The number of rotatable bonds is 5. The number of benzene rings is 1. The molecule has 0 saturated carbocycles. The van der Waals surface area contributed by atoms with Crippen molar-refractivity contribution >= 4 is 40.7 Å². The average Bonchev–Trinajstić information content (AvgIpc) is 3.14. The largest absolute Gasteiger partial charge is 0.451 e. The van der Waals surface area contributed by atoms with Gasteiger partial charge in [-0.2, -0.15) is 0 Å². The van der Waals surface area contributed by atoms with E-state index in [4.69, 9.17) is 4.74 Å². The molecule has 0 bridgehead atoms. The van der Waals surface area contributed by atoms with Crippen molar-refractivity contribution in [1.82, 2.24) is 0 Å². The van der Waals surface area contributed by atoms with E-state index in [1.54, 1.807) is 11.8 Å². The number of aryl methyl sites for hydroxylation is 2. The fourth-order valence-corrected chi connectivity index (χ4v) is 4.14. The summed E-state index contributed by atoms with van der Waals surface area (Å²) in [7, 11) is 0. The van der Waals surface area contributed by atoms with Crippen LogP contribution in [-0.4, -0.2) is 24.7 Å². The van der Waals surface area contributed by atoms with E-state index in [1.807, 2.05) is 36.6 Å². The summed E-state index contributed by atoms with van der Waals surface area (Å²) in [4.78, 5) is 26.8. The normalized spacial score (nSPS) is 12.7. The van der Waals surface area contributed by atoms with Crippen molar-refractivity contribution in [3.05, 3.63) is 45.6 Å². The SMILES string of the molecule is CSc1cccc(NC(=O)COC(=O)c2cc3c(s2)CCC3)c1. The fraction of sp³-hybridized carbons (Fsp3) is 0.294. The molecule has 3 rings (SSSR count). The van der Waals surface area contributed by atoms with Crippen LogP contribution in [0.3, 0.4) is 0 Å². The van der Waals surface area contributed by atoms with Crippen molar-refractivity contribution in [3.63, 3.8) is 0 Å². The molecular weight excluding hydrogens is 330 g/mol. The zero-order valence-corrected chi connectivity index (χ0v) is 14.4. The number of thioether (sulfide) groups is 1. The van der Waals surface area contributed by atoms with Gasteiger partial charge < -0.3 is 10.1 Å². The third-order valence-electron chi connectivity index (χ3n) is 3.64. The number of carbonyl (C=O) groups excluding carboxylic acids is 2. The van der Waals surface area contributed by atoms with E-state index in [-0.39, 0.29) is 12.5 Å². The van der Waals surface area contributed by atoms with E-state index >= 15 is 0 Å². The summed E-state index contributed by atoms with van der Waals surface area (Å²) in [6.07, 6.45) is 5.21. The molecule has 2 aromatic rings. The molecule has 0 atom stereocenters. The molecule has 1 aliphatic rings. The van der Waals surface area contributed by atoms with Gasteiger partial charge in [0.05, 0.1) is 0 Å². The van der Waals surface area contributed by atoms with Gasteiger partial charge in [-0.25, -0.2) is 4.79 Å². The number of hydrogen-bond donors (Lipinski definition) is 1. The maximum Gasteiger partial charge on any atom is 0.348 e. The topological polar surface area (TPSA) is 55.4 Å². The van der Waals surface area contributed by atoms with Crippen LogP contribution in [0, 0.1) is 0 Å². The van der Waals surface area contributed by atoms with Crippen molar-refractivity contribution in [1.29, 1.82) is 0 Å². The minimum absolute atomic E-state index is 0.273. The lowest BCUT2D eigenvalue weighted by Gasteiger charge is -2.07. The first-order chi connectivity index (χ1) is 11.2. The number of carbonyl (C=O) groups is 2. The summed E-state index contributed by atoms with van der Waals surface area (Å²) in [6, 6.07) is 9.43. The van der Waals surface area contributed by atoms with Crippen molar-refractivity contribution in [3.8, 4) is 0 Å². The molecule has 0 unspecified atom stereocenters. The Morgan fingerprint density at radius 3 is 2.96 bits per heavy atom. The van der Waals surface area contributed by atoms with Gasteiger partial charge in [0.15, 0.2) is 6.61 Å². The molecule has 0 saturated heterocycles. The van der Waals surface area contributed by atoms with Crippen LogP contribution in [0.4, 0.5) is 5.69 Å². The van der Waals surface area contributed by atoms with Gasteiger partial charge in [0.1, 0.15) is 4.88 Å². The van der Waals surface area contributed by atoms with Gasteiger partial charge in [0, 0.05) is 15.5 Å². The molecule has 120 valence electrons. The standard InChI is InChI=1S/C17H17NO3S2/c1-22-13-6-3-5-12(9-13)18-16(19)10-21-17(20)15-8-11-4-2-7-14(11)23-15/h3,5-6,8-9H,2,4,7,10H2,1H3,(H,18,19). The Bertz CT molecular complexity index is 718. The Labute approximate surface area is 143 Å². The molecule has 0 fully saturated rings. The Kier molecular flexibility index (Phi) is 5.03. The van der Waals surface area contributed by atoms with E-state index in [2.05, 4.69) is 5.32 Å². The zero-order chi connectivity index (χ0) is 16.2. The maximum atomic E-state index is 12.0. The van der Waals surface area contributed by atoms with E-state index in [1.165, 1.54) is 21.8 Å². The van der Waals surface area contributed by atoms with Crippen molar-refractivity contribution < 1.29 is 14.3 Å². The minimum Gasteiger partial charge on any atom is -0.451 e. The van der Waals surface area contributed by atoms with Gasteiger partial charge in [0.2, 0.25) is 0 Å². The summed E-state index contributed by atoms with van der Waals surface area (Å²) in [5, 5.41) is 2.74. The first kappa shape index (κ1) is 16.1. The maximum absolute atomic E-state index is 12.0. The molecule has 1 aromatic carbocycles. The molecule has 1 aromatic heterocycles. The van der Waals surface area contributed by atoms with Gasteiger partial charge in [-0.05, 0) is 55.3 Å². The number of fused-ring (bicyclic) bond motifs is 1. The number of ether oxygens (including phenoxy) is 1. The predicted octanol–water partition coefficient (Wildman–Crippen LogP) is 3.75. The fourth-order valence-electron chi connectivity index (χ4n) is 2.53. The second-order valence-corrected chi connectivity index (χ2v) is 7.29. The molecule has 0 radical (unpaired) electrons. The Morgan fingerprint density at radius 1 is 1.30 bits per heavy atom. The predicted molar refractivity (Wildman–Crippen MR) is 93.5 cm³/mol. The van der Waals surface area contributed by atoms with E-state index in [9.17, 15) is 9.59 Å².